The fourth-order valence-electron chi connectivity index (χ4n) is 2.85. The van der Waals surface area contributed by atoms with Gasteiger partial charge in [0.1, 0.15) is 5.65 Å². The van der Waals surface area contributed by atoms with Gasteiger partial charge in [-0.25, -0.2) is 13.4 Å². The summed E-state index contributed by atoms with van der Waals surface area (Å²) < 4.78 is 26.7. The molecule has 0 atom stereocenters. The number of carbonyl (C=O) groups excluding carboxylic acids is 1. The van der Waals surface area contributed by atoms with Gasteiger partial charge in [0.25, 0.3) is 5.91 Å². The van der Waals surface area contributed by atoms with Gasteiger partial charge in [-0.3, -0.25) is 4.79 Å². The summed E-state index contributed by atoms with van der Waals surface area (Å²) in [6.45, 7) is 4.00. The molecule has 0 bridgehead atoms. The molecule has 2 heterocycles. The normalized spacial score (nSPS) is 11.6. The van der Waals surface area contributed by atoms with Gasteiger partial charge in [-0.15, -0.1) is 0 Å². The van der Waals surface area contributed by atoms with E-state index in [1.54, 1.807) is 19.1 Å². The van der Waals surface area contributed by atoms with E-state index in [-0.39, 0.29) is 22.8 Å². The van der Waals surface area contributed by atoms with Gasteiger partial charge in [0, 0.05) is 11.9 Å². The molecule has 0 aliphatic heterocycles. The van der Waals surface area contributed by atoms with Gasteiger partial charge in [0.2, 0.25) is 0 Å². The van der Waals surface area contributed by atoms with Crippen LogP contribution in [-0.2, 0) is 16.4 Å². The molecule has 0 spiro atoms. The number of pyridine rings is 1. The number of rotatable bonds is 6. The van der Waals surface area contributed by atoms with Crippen molar-refractivity contribution in [2.24, 2.45) is 0 Å². The molecule has 6 nitrogen and oxygen atoms in total. The zero-order valence-corrected chi connectivity index (χ0v) is 15.6. The van der Waals surface area contributed by atoms with Crippen LogP contribution < -0.4 is 5.32 Å². The van der Waals surface area contributed by atoms with Crippen LogP contribution in [0.15, 0.2) is 53.6 Å². The standard InChI is InChI=1S/C19H21N3O3S/c1-3-11-26(24,25)17-9-5-4-8-16(17)19(23)20-12-15-13-22-14(2)7-6-10-18(22)21-15/h4-10,13H,3,11-12H2,1-2H3,(H,20,23). The van der Waals surface area contributed by atoms with Crippen molar-refractivity contribution in [1.29, 1.82) is 0 Å². The van der Waals surface area contributed by atoms with Crippen molar-refractivity contribution in [3.8, 4) is 0 Å². The molecule has 136 valence electrons. The molecule has 2 aromatic heterocycles. The number of benzene rings is 1. The molecule has 0 radical (unpaired) electrons. The highest BCUT2D eigenvalue weighted by molar-refractivity contribution is 7.91. The maximum atomic E-state index is 12.6. The number of amides is 1. The van der Waals surface area contributed by atoms with Gasteiger partial charge in [-0.05, 0) is 37.6 Å². The van der Waals surface area contributed by atoms with E-state index in [4.69, 9.17) is 0 Å². The third-order valence-electron chi connectivity index (χ3n) is 4.12. The van der Waals surface area contributed by atoms with Crippen molar-refractivity contribution in [1.82, 2.24) is 14.7 Å². The molecular formula is C19H21N3O3S. The maximum absolute atomic E-state index is 12.6. The van der Waals surface area contributed by atoms with E-state index in [2.05, 4.69) is 10.3 Å². The van der Waals surface area contributed by atoms with Crippen molar-refractivity contribution >= 4 is 21.4 Å². The van der Waals surface area contributed by atoms with E-state index in [0.29, 0.717) is 12.1 Å². The van der Waals surface area contributed by atoms with E-state index in [1.807, 2.05) is 35.7 Å². The first-order valence-electron chi connectivity index (χ1n) is 8.46. The Morgan fingerprint density at radius 2 is 1.92 bits per heavy atom. The molecule has 0 fully saturated rings. The summed E-state index contributed by atoms with van der Waals surface area (Å²) in [7, 11) is -3.48. The highest BCUT2D eigenvalue weighted by Gasteiger charge is 2.21. The van der Waals surface area contributed by atoms with Crippen LogP contribution in [0.1, 0.15) is 35.1 Å². The summed E-state index contributed by atoms with van der Waals surface area (Å²) in [4.78, 5) is 17.1. The molecule has 1 N–H and O–H groups in total. The highest BCUT2D eigenvalue weighted by atomic mass is 32.2. The van der Waals surface area contributed by atoms with Crippen molar-refractivity contribution in [2.45, 2.75) is 31.7 Å². The number of carbonyl (C=O) groups is 1. The first kappa shape index (κ1) is 18.1. The van der Waals surface area contributed by atoms with E-state index in [1.165, 1.54) is 12.1 Å². The number of sulfone groups is 1. The van der Waals surface area contributed by atoms with Crippen molar-refractivity contribution in [2.75, 3.05) is 5.75 Å². The fourth-order valence-corrected chi connectivity index (χ4v) is 4.39. The molecule has 0 saturated heterocycles. The average Bonchev–Trinajstić information content (AvgIpc) is 3.04. The number of hydrogen-bond acceptors (Lipinski definition) is 4. The lowest BCUT2D eigenvalue weighted by Gasteiger charge is -2.10. The summed E-state index contributed by atoms with van der Waals surface area (Å²) in [6, 6.07) is 12.1. The topological polar surface area (TPSA) is 80.5 Å². The van der Waals surface area contributed by atoms with Gasteiger partial charge >= 0.3 is 0 Å². The van der Waals surface area contributed by atoms with Crippen LogP contribution in [0.25, 0.3) is 5.65 Å². The Hall–Kier alpha value is -2.67. The molecule has 3 aromatic rings. The molecule has 0 saturated carbocycles. The lowest BCUT2D eigenvalue weighted by Crippen LogP contribution is -2.25. The summed E-state index contributed by atoms with van der Waals surface area (Å²) in [6.07, 6.45) is 2.36. The molecule has 3 rings (SSSR count). The molecular weight excluding hydrogens is 350 g/mol. The zero-order valence-electron chi connectivity index (χ0n) is 14.8. The van der Waals surface area contributed by atoms with Crippen LogP contribution >= 0.6 is 0 Å². The lowest BCUT2D eigenvalue weighted by atomic mass is 10.2. The van der Waals surface area contributed by atoms with Gasteiger partial charge in [0.15, 0.2) is 9.84 Å². The van der Waals surface area contributed by atoms with Crippen LogP contribution in [0.3, 0.4) is 0 Å². The van der Waals surface area contributed by atoms with Crippen LogP contribution in [-0.4, -0.2) is 29.5 Å². The fraction of sp³-hybridized carbons (Fsp3) is 0.263. The van der Waals surface area contributed by atoms with Gasteiger partial charge < -0.3 is 9.72 Å². The molecule has 26 heavy (non-hydrogen) atoms. The Morgan fingerprint density at radius 3 is 2.65 bits per heavy atom. The molecule has 0 aliphatic carbocycles. The zero-order chi connectivity index (χ0) is 18.7. The van der Waals surface area contributed by atoms with Crippen LogP contribution in [0, 0.1) is 6.92 Å². The number of nitrogens with zero attached hydrogens (tertiary/aromatic N) is 2. The number of fused-ring (bicyclic) bond motifs is 1. The van der Waals surface area contributed by atoms with E-state index in [0.717, 1.165) is 11.3 Å². The quantitative estimate of drug-likeness (QED) is 0.722. The Balaban J connectivity index is 1.81. The second-order valence-electron chi connectivity index (χ2n) is 6.13. The average molecular weight is 371 g/mol. The minimum atomic E-state index is -3.48. The molecule has 0 unspecified atom stereocenters. The number of nitrogens with one attached hydrogen (secondary N) is 1. The van der Waals surface area contributed by atoms with Crippen molar-refractivity contribution < 1.29 is 13.2 Å². The Labute approximate surface area is 152 Å². The molecule has 0 aliphatic rings. The Morgan fingerprint density at radius 1 is 1.15 bits per heavy atom. The van der Waals surface area contributed by atoms with Crippen LogP contribution in [0.5, 0.6) is 0 Å². The van der Waals surface area contributed by atoms with E-state index >= 15 is 0 Å². The smallest absolute Gasteiger partial charge is 0.252 e. The number of hydrogen-bond donors (Lipinski definition) is 1. The second-order valence-corrected chi connectivity index (χ2v) is 8.20. The SMILES string of the molecule is CCCS(=O)(=O)c1ccccc1C(=O)NCc1cn2c(C)cccc2n1. The second kappa shape index (κ2) is 7.29. The first-order chi connectivity index (χ1) is 12.4. The van der Waals surface area contributed by atoms with Gasteiger partial charge in [0.05, 0.1) is 28.5 Å². The third-order valence-corrected chi connectivity index (χ3v) is 6.09. The molecule has 1 aromatic carbocycles. The summed E-state index contributed by atoms with van der Waals surface area (Å²) in [5.74, 6) is -0.405. The number of aromatic nitrogens is 2. The minimum absolute atomic E-state index is 0.0169. The number of aryl methyl sites for hydroxylation is 1. The largest absolute Gasteiger partial charge is 0.346 e. The minimum Gasteiger partial charge on any atom is -0.346 e. The predicted octanol–water partition coefficient (Wildman–Crippen LogP) is 2.76. The van der Waals surface area contributed by atoms with Gasteiger partial charge in [-0.1, -0.05) is 25.1 Å². The van der Waals surface area contributed by atoms with Crippen molar-refractivity contribution in [3.63, 3.8) is 0 Å². The lowest BCUT2D eigenvalue weighted by molar-refractivity contribution is 0.0947. The van der Waals surface area contributed by atoms with Crippen LogP contribution in [0.2, 0.25) is 0 Å². The van der Waals surface area contributed by atoms with Gasteiger partial charge in [-0.2, -0.15) is 0 Å². The van der Waals surface area contributed by atoms with Crippen LogP contribution in [0.4, 0.5) is 0 Å². The summed E-state index contributed by atoms with van der Waals surface area (Å²) in [5.41, 5.74) is 2.73. The summed E-state index contributed by atoms with van der Waals surface area (Å²) >= 11 is 0. The highest BCUT2D eigenvalue weighted by Crippen LogP contribution is 2.18. The third kappa shape index (κ3) is 3.62. The van der Waals surface area contributed by atoms with E-state index in [9.17, 15) is 13.2 Å². The van der Waals surface area contributed by atoms with Crippen molar-refractivity contribution in [3.05, 3.63) is 65.6 Å². The maximum Gasteiger partial charge on any atom is 0.252 e. The predicted molar refractivity (Wildman–Crippen MR) is 99.9 cm³/mol. The Kier molecular flexibility index (Phi) is 5.08. The summed E-state index contributed by atoms with van der Waals surface area (Å²) in [5, 5.41) is 2.77. The Bertz CT molecular complexity index is 1050. The monoisotopic (exact) mass is 371 g/mol. The molecule has 7 heteroatoms. The molecule has 1 amide bonds. The first-order valence-corrected chi connectivity index (χ1v) is 10.1. The number of imidazole rings is 1. The van der Waals surface area contributed by atoms with E-state index < -0.39 is 15.7 Å².